The minimum atomic E-state index is -0.714. The molecule has 0 aliphatic carbocycles. The van der Waals surface area contributed by atoms with Crippen molar-refractivity contribution in [1.82, 2.24) is 9.97 Å². The van der Waals surface area contributed by atoms with Gasteiger partial charge in [-0.15, -0.1) is 0 Å². The summed E-state index contributed by atoms with van der Waals surface area (Å²) in [5.41, 5.74) is 7.98. The summed E-state index contributed by atoms with van der Waals surface area (Å²) in [5, 5.41) is 10.8. The fourth-order valence-electron chi connectivity index (χ4n) is 2.68. The van der Waals surface area contributed by atoms with Gasteiger partial charge in [-0.25, -0.2) is 19.8 Å². The van der Waals surface area contributed by atoms with Crippen LogP contribution < -0.4 is 11.4 Å². The summed E-state index contributed by atoms with van der Waals surface area (Å²) in [7, 11) is 0. The third kappa shape index (κ3) is 3.84. The van der Waals surface area contributed by atoms with Crippen LogP contribution in [-0.4, -0.2) is 26.7 Å². The Morgan fingerprint density at radius 3 is 2.78 bits per heavy atom. The van der Waals surface area contributed by atoms with Gasteiger partial charge in [-0.1, -0.05) is 13.0 Å². The lowest BCUT2D eigenvalue weighted by Crippen LogP contribution is -2.16. The summed E-state index contributed by atoms with van der Waals surface area (Å²) in [4.78, 5) is 28.6. The Bertz CT molecular complexity index is 1130. The molecule has 2 heterocycles. The van der Waals surface area contributed by atoms with Gasteiger partial charge in [-0.2, -0.15) is 4.99 Å². The van der Waals surface area contributed by atoms with E-state index in [0.717, 1.165) is 29.3 Å². The molecule has 0 bridgehead atoms. The van der Waals surface area contributed by atoms with E-state index < -0.39 is 5.63 Å². The first-order valence-corrected chi connectivity index (χ1v) is 8.37. The van der Waals surface area contributed by atoms with E-state index in [-0.39, 0.29) is 28.9 Å². The van der Waals surface area contributed by atoms with Crippen LogP contribution >= 0.6 is 0 Å². The van der Waals surface area contributed by atoms with E-state index in [4.69, 9.17) is 10.2 Å². The number of hydrogen-bond acceptors (Lipinski definition) is 6. The van der Waals surface area contributed by atoms with E-state index in [9.17, 15) is 9.90 Å². The van der Waals surface area contributed by atoms with Crippen molar-refractivity contribution < 1.29 is 9.52 Å². The average Bonchev–Trinajstić information content (AvgIpc) is 2.61. The van der Waals surface area contributed by atoms with Gasteiger partial charge in [-0.3, -0.25) is 0 Å². The number of aromatic nitrogens is 2. The molecule has 3 N–H and O–H groups in total. The maximum absolute atomic E-state index is 11.8. The van der Waals surface area contributed by atoms with Gasteiger partial charge in [0.2, 0.25) is 5.96 Å². The number of aliphatic imine (C=N–C) groups is 2. The molecule has 3 rings (SSSR count). The highest BCUT2D eigenvalue weighted by Crippen LogP contribution is 2.20. The number of nitrogens with two attached hydrogens (primary N) is 1. The van der Waals surface area contributed by atoms with Crippen molar-refractivity contribution in [1.29, 1.82) is 0 Å². The van der Waals surface area contributed by atoms with E-state index in [0.29, 0.717) is 0 Å². The van der Waals surface area contributed by atoms with Crippen LogP contribution in [0, 0.1) is 6.92 Å². The summed E-state index contributed by atoms with van der Waals surface area (Å²) in [6, 6.07) is 7.23. The van der Waals surface area contributed by atoms with Crippen molar-refractivity contribution in [2.75, 3.05) is 0 Å². The smallest absolute Gasteiger partial charge is 0.348 e. The second-order valence-corrected chi connectivity index (χ2v) is 5.95. The lowest BCUT2D eigenvalue weighted by molar-refractivity contribution is 0.445. The lowest BCUT2D eigenvalue weighted by atomic mass is 10.1. The molecule has 0 atom stereocenters. The molecule has 2 aromatic heterocycles. The maximum atomic E-state index is 11.8. The van der Waals surface area contributed by atoms with Crippen LogP contribution in [0.4, 0.5) is 5.95 Å². The molecule has 0 spiro atoms. The zero-order valence-corrected chi connectivity index (χ0v) is 15.2. The lowest BCUT2D eigenvalue weighted by Gasteiger charge is -2.05. The molecule has 0 amide bonds. The molecule has 0 saturated heterocycles. The molecular formula is C19H19N5O3. The zero-order valence-electron chi connectivity index (χ0n) is 15.2. The minimum Gasteiger partial charge on any atom is -0.507 e. The van der Waals surface area contributed by atoms with Gasteiger partial charge in [0.15, 0.2) is 0 Å². The fourth-order valence-corrected chi connectivity index (χ4v) is 2.68. The van der Waals surface area contributed by atoms with Crippen molar-refractivity contribution in [3.8, 4) is 5.75 Å². The van der Waals surface area contributed by atoms with E-state index in [2.05, 4.69) is 32.9 Å². The molecule has 0 saturated carbocycles. The Morgan fingerprint density at radius 2 is 2.07 bits per heavy atom. The molecule has 8 heteroatoms. The quantitative estimate of drug-likeness (QED) is 0.542. The second-order valence-electron chi connectivity index (χ2n) is 5.95. The summed E-state index contributed by atoms with van der Waals surface area (Å²) in [5.74, 6) is -0.216. The van der Waals surface area contributed by atoms with Crippen molar-refractivity contribution in [2.24, 2.45) is 15.7 Å². The van der Waals surface area contributed by atoms with Crippen LogP contribution in [0.1, 0.15) is 30.7 Å². The van der Waals surface area contributed by atoms with Crippen LogP contribution in [0.15, 0.2) is 49.7 Å². The number of aromatic hydroxyl groups is 1. The third-order valence-electron chi connectivity index (χ3n) is 4.07. The highest BCUT2D eigenvalue weighted by atomic mass is 16.4. The maximum Gasteiger partial charge on any atom is 0.348 e. The van der Waals surface area contributed by atoms with Crippen LogP contribution in [0.25, 0.3) is 10.9 Å². The molecule has 8 nitrogen and oxygen atoms in total. The zero-order chi connectivity index (χ0) is 19.6. The normalized spacial score (nSPS) is 12.6. The Kier molecular flexibility index (Phi) is 4.98. The molecule has 27 heavy (non-hydrogen) atoms. The van der Waals surface area contributed by atoms with Crippen LogP contribution in [-0.2, 0) is 6.42 Å². The number of rotatable bonds is 3. The highest BCUT2D eigenvalue weighted by Gasteiger charge is 2.12. The number of aryl methyl sites for hydroxylation is 2. The Balaban J connectivity index is 1.99. The predicted octanol–water partition coefficient (Wildman–Crippen LogP) is 2.61. The van der Waals surface area contributed by atoms with Crippen LogP contribution in [0.3, 0.4) is 0 Å². The van der Waals surface area contributed by atoms with Gasteiger partial charge < -0.3 is 15.3 Å². The number of fused-ring (bicyclic) bond motifs is 1. The minimum absolute atomic E-state index is 0.0710. The summed E-state index contributed by atoms with van der Waals surface area (Å²) < 4.78 is 4.74. The summed E-state index contributed by atoms with van der Waals surface area (Å²) in [6.45, 7) is 5.48. The fraction of sp³-hybridized carbons (Fsp3) is 0.211. The first kappa shape index (κ1) is 18.2. The van der Waals surface area contributed by atoms with Crippen molar-refractivity contribution in [2.45, 2.75) is 27.2 Å². The van der Waals surface area contributed by atoms with Crippen LogP contribution in [0.2, 0.25) is 0 Å². The van der Waals surface area contributed by atoms with Gasteiger partial charge >= 0.3 is 5.63 Å². The molecule has 0 fully saturated rings. The molecule has 0 aliphatic rings. The van der Waals surface area contributed by atoms with E-state index in [1.807, 2.05) is 19.1 Å². The standard InChI is InChI=1S/C19H19N5O3/c1-4-12-5-6-14-13(9-12)10(2)22-19(23-14)24-18(20)21-11(3)16-15(25)7-8-27-17(16)26/h5-9,25H,4H2,1-3H3,(H2,20,22,23,24)/b21-11+. The predicted molar refractivity (Wildman–Crippen MR) is 104 cm³/mol. The van der Waals surface area contributed by atoms with Gasteiger partial charge in [0.05, 0.1) is 23.2 Å². The number of guanidine groups is 1. The summed E-state index contributed by atoms with van der Waals surface area (Å²) in [6.07, 6.45) is 2.03. The number of benzene rings is 1. The Morgan fingerprint density at radius 1 is 1.30 bits per heavy atom. The van der Waals surface area contributed by atoms with Crippen molar-refractivity contribution in [3.05, 3.63) is 57.8 Å². The van der Waals surface area contributed by atoms with E-state index in [1.165, 1.54) is 18.6 Å². The molecule has 1 aromatic carbocycles. The van der Waals surface area contributed by atoms with E-state index >= 15 is 0 Å². The van der Waals surface area contributed by atoms with Crippen molar-refractivity contribution in [3.63, 3.8) is 0 Å². The Labute approximate surface area is 155 Å². The monoisotopic (exact) mass is 365 g/mol. The number of hydrogen-bond donors (Lipinski definition) is 2. The average molecular weight is 365 g/mol. The van der Waals surface area contributed by atoms with Crippen molar-refractivity contribution >= 4 is 28.5 Å². The first-order valence-electron chi connectivity index (χ1n) is 8.37. The molecule has 0 unspecified atom stereocenters. The SMILES string of the molecule is CCc1ccc2nc(/N=C(N)/N=C(\C)c3c(O)ccoc3=O)nc(C)c2c1. The third-order valence-corrected chi connectivity index (χ3v) is 4.07. The molecule has 3 aromatic rings. The number of nitrogens with zero attached hydrogens (tertiary/aromatic N) is 4. The largest absolute Gasteiger partial charge is 0.507 e. The molecular weight excluding hydrogens is 346 g/mol. The molecule has 0 aliphatic heterocycles. The molecule has 138 valence electrons. The van der Waals surface area contributed by atoms with Crippen LogP contribution in [0.5, 0.6) is 5.75 Å². The van der Waals surface area contributed by atoms with Gasteiger partial charge in [0.1, 0.15) is 11.3 Å². The topological polar surface area (TPSA) is 127 Å². The second kappa shape index (κ2) is 7.36. The van der Waals surface area contributed by atoms with Gasteiger partial charge in [0, 0.05) is 11.5 Å². The first-order chi connectivity index (χ1) is 12.9. The Hall–Kier alpha value is -3.55. The highest BCUT2D eigenvalue weighted by molar-refractivity contribution is 6.06. The summed E-state index contributed by atoms with van der Waals surface area (Å²) >= 11 is 0. The van der Waals surface area contributed by atoms with Gasteiger partial charge in [0.25, 0.3) is 5.95 Å². The molecule has 0 radical (unpaired) electrons. The van der Waals surface area contributed by atoms with Gasteiger partial charge in [-0.05, 0) is 38.0 Å². The van der Waals surface area contributed by atoms with E-state index in [1.54, 1.807) is 0 Å².